The first-order chi connectivity index (χ1) is 13.8. The number of benzene rings is 1. The summed E-state index contributed by atoms with van der Waals surface area (Å²) in [6, 6.07) is 7.68. The van der Waals surface area contributed by atoms with E-state index < -0.39 is 11.9 Å². The number of carbonyl (C=O) groups is 2. The lowest BCUT2D eigenvalue weighted by Crippen LogP contribution is -2.47. The minimum Gasteiger partial charge on any atom is -0.362 e. The van der Waals surface area contributed by atoms with E-state index in [4.69, 9.17) is 23.2 Å². The largest absolute Gasteiger partial charge is 0.362 e. The molecule has 1 aromatic carbocycles. The van der Waals surface area contributed by atoms with E-state index in [0.29, 0.717) is 18.0 Å². The molecule has 2 N–H and O–H groups in total. The molecular weight excluding hydrogens is 431 g/mol. The molecular formula is C20H24Cl2N4O2S. The van der Waals surface area contributed by atoms with Crippen LogP contribution in [0.1, 0.15) is 22.3 Å². The number of pyridine rings is 1. The third-order valence-electron chi connectivity index (χ3n) is 4.15. The Bertz CT molecular complexity index is 864. The number of nitrogens with one attached hydrogen (secondary N) is 2. The molecule has 156 valence electrons. The maximum Gasteiger partial charge on any atom is 0.253 e. The Morgan fingerprint density at radius 3 is 2.66 bits per heavy atom. The Hall–Kier alpha value is -1.96. The molecule has 0 aliphatic carbocycles. The number of rotatable bonds is 9. The summed E-state index contributed by atoms with van der Waals surface area (Å²) < 4.78 is 0. The Morgan fingerprint density at radius 2 is 2.00 bits per heavy atom. The van der Waals surface area contributed by atoms with Gasteiger partial charge in [-0.15, -0.1) is 0 Å². The highest BCUT2D eigenvalue weighted by Gasteiger charge is 2.22. The molecule has 29 heavy (non-hydrogen) atoms. The average Bonchev–Trinajstić information content (AvgIpc) is 2.69. The quantitative estimate of drug-likeness (QED) is 0.604. The molecule has 0 bridgehead atoms. The smallest absolute Gasteiger partial charge is 0.253 e. The fraction of sp³-hybridized carbons (Fsp3) is 0.350. The van der Waals surface area contributed by atoms with Crippen LogP contribution in [0.15, 0.2) is 36.5 Å². The van der Waals surface area contributed by atoms with Crippen LogP contribution >= 0.6 is 35.0 Å². The van der Waals surface area contributed by atoms with E-state index in [1.165, 1.54) is 6.07 Å². The van der Waals surface area contributed by atoms with Gasteiger partial charge in [-0.3, -0.25) is 9.59 Å². The number of amides is 2. The van der Waals surface area contributed by atoms with Gasteiger partial charge in [-0.25, -0.2) is 4.98 Å². The molecule has 0 aliphatic heterocycles. The van der Waals surface area contributed by atoms with Gasteiger partial charge in [0.25, 0.3) is 5.91 Å². The predicted octanol–water partition coefficient (Wildman–Crippen LogP) is 3.62. The standard InChI is InChI=1S/C20H24Cl2N4O2S/c1-26(2)18-13(5-4-9-23-18)12-24-20(28)17(8-10-29-3)25-19(27)15-7-6-14(21)11-16(15)22/h4-7,9,11,17H,8,10,12H2,1-3H3,(H,24,28)(H,25,27). The highest BCUT2D eigenvalue weighted by Crippen LogP contribution is 2.21. The fourth-order valence-corrected chi connectivity index (χ4v) is 3.66. The summed E-state index contributed by atoms with van der Waals surface area (Å²) in [6.45, 7) is 0.313. The topological polar surface area (TPSA) is 74.3 Å². The van der Waals surface area contributed by atoms with Crippen molar-refractivity contribution in [1.29, 1.82) is 0 Å². The molecule has 0 saturated heterocycles. The first kappa shape index (κ1) is 23.3. The second kappa shape index (κ2) is 11.3. The minimum atomic E-state index is -0.679. The number of thioether (sulfide) groups is 1. The van der Waals surface area contributed by atoms with Crippen LogP contribution in [-0.4, -0.2) is 48.9 Å². The Balaban J connectivity index is 2.08. The van der Waals surface area contributed by atoms with Crippen molar-refractivity contribution < 1.29 is 9.59 Å². The van der Waals surface area contributed by atoms with Gasteiger partial charge < -0.3 is 15.5 Å². The molecule has 1 heterocycles. The van der Waals surface area contributed by atoms with Crippen molar-refractivity contribution in [2.24, 2.45) is 0 Å². The molecule has 2 rings (SSSR count). The SMILES string of the molecule is CSCCC(NC(=O)c1ccc(Cl)cc1Cl)C(=O)NCc1cccnc1N(C)C. The number of hydrogen-bond donors (Lipinski definition) is 2. The summed E-state index contributed by atoms with van der Waals surface area (Å²) in [6.07, 6.45) is 4.15. The normalized spacial score (nSPS) is 11.6. The minimum absolute atomic E-state index is 0.241. The summed E-state index contributed by atoms with van der Waals surface area (Å²) in [5.74, 6) is 0.836. The van der Waals surface area contributed by atoms with Crippen molar-refractivity contribution >= 4 is 52.6 Å². The highest BCUT2D eigenvalue weighted by atomic mass is 35.5. The molecule has 1 unspecified atom stereocenters. The first-order valence-corrected chi connectivity index (χ1v) is 11.1. The van der Waals surface area contributed by atoms with Gasteiger partial charge in [0.15, 0.2) is 0 Å². The van der Waals surface area contributed by atoms with Crippen LogP contribution in [-0.2, 0) is 11.3 Å². The van der Waals surface area contributed by atoms with Crippen molar-refractivity contribution in [1.82, 2.24) is 15.6 Å². The monoisotopic (exact) mass is 454 g/mol. The van der Waals surface area contributed by atoms with Crippen LogP contribution in [0.3, 0.4) is 0 Å². The Kier molecular flexibility index (Phi) is 9.07. The molecule has 2 amide bonds. The van der Waals surface area contributed by atoms with Crippen molar-refractivity contribution in [3.05, 3.63) is 57.7 Å². The third kappa shape index (κ3) is 6.80. The van der Waals surface area contributed by atoms with Crippen molar-refractivity contribution in [3.8, 4) is 0 Å². The van der Waals surface area contributed by atoms with Crippen LogP contribution < -0.4 is 15.5 Å². The zero-order valence-corrected chi connectivity index (χ0v) is 18.9. The van der Waals surface area contributed by atoms with Crippen LogP contribution in [0.2, 0.25) is 10.0 Å². The Morgan fingerprint density at radius 1 is 1.24 bits per heavy atom. The second-order valence-corrected chi connectivity index (χ2v) is 8.36. The number of halogens is 2. The van der Waals surface area contributed by atoms with E-state index in [9.17, 15) is 9.59 Å². The number of anilines is 1. The first-order valence-electron chi connectivity index (χ1n) is 8.97. The number of nitrogens with zero attached hydrogens (tertiary/aromatic N) is 2. The molecule has 1 aromatic heterocycles. The van der Waals surface area contributed by atoms with Gasteiger partial charge in [0.05, 0.1) is 10.6 Å². The molecule has 0 spiro atoms. The summed E-state index contributed by atoms with van der Waals surface area (Å²) in [4.78, 5) is 31.6. The fourth-order valence-electron chi connectivity index (χ4n) is 2.69. The van der Waals surface area contributed by atoms with E-state index in [2.05, 4.69) is 15.6 Å². The van der Waals surface area contributed by atoms with Gasteiger partial charge >= 0.3 is 0 Å². The predicted molar refractivity (Wildman–Crippen MR) is 121 cm³/mol. The molecule has 0 fully saturated rings. The van der Waals surface area contributed by atoms with E-state index >= 15 is 0 Å². The number of hydrogen-bond acceptors (Lipinski definition) is 5. The van der Waals surface area contributed by atoms with Gasteiger partial charge in [0.2, 0.25) is 5.91 Å². The van der Waals surface area contributed by atoms with E-state index in [0.717, 1.165) is 17.1 Å². The maximum absolute atomic E-state index is 12.8. The molecule has 9 heteroatoms. The summed E-state index contributed by atoms with van der Waals surface area (Å²) in [5.41, 5.74) is 1.17. The van der Waals surface area contributed by atoms with Gasteiger partial charge in [-0.05, 0) is 42.7 Å². The number of aromatic nitrogens is 1. The molecule has 1 atom stereocenters. The molecule has 0 saturated carbocycles. The van der Waals surface area contributed by atoms with Crippen LogP contribution in [0, 0.1) is 0 Å². The van der Waals surface area contributed by atoms with E-state index in [-0.39, 0.29) is 16.5 Å². The lowest BCUT2D eigenvalue weighted by Gasteiger charge is -2.20. The van der Waals surface area contributed by atoms with Gasteiger partial charge in [0.1, 0.15) is 11.9 Å². The summed E-state index contributed by atoms with van der Waals surface area (Å²) >= 11 is 13.6. The lowest BCUT2D eigenvalue weighted by molar-refractivity contribution is -0.123. The summed E-state index contributed by atoms with van der Waals surface area (Å²) in [7, 11) is 3.79. The van der Waals surface area contributed by atoms with Gasteiger partial charge in [0, 0.05) is 37.4 Å². The van der Waals surface area contributed by atoms with Crippen LogP contribution in [0.5, 0.6) is 0 Å². The van der Waals surface area contributed by atoms with Crippen LogP contribution in [0.4, 0.5) is 5.82 Å². The van der Waals surface area contributed by atoms with Crippen molar-refractivity contribution in [3.63, 3.8) is 0 Å². The van der Waals surface area contributed by atoms with Crippen molar-refractivity contribution in [2.75, 3.05) is 31.0 Å². The van der Waals surface area contributed by atoms with Crippen molar-refractivity contribution in [2.45, 2.75) is 19.0 Å². The summed E-state index contributed by atoms with van der Waals surface area (Å²) in [5, 5.41) is 6.37. The zero-order valence-electron chi connectivity index (χ0n) is 16.5. The van der Waals surface area contributed by atoms with Gasteiger partial charge in [-0.1, -0.05) is 29.3 Å². The lowest BCUT2D eigenvalue weighted by atomic mass is 10.1. The number of carbonyl (C=O) groups excluding carboxylic acids is 2. The highest BCUT2D eigenvalue weighted by molar-refractivity contribution is 7.98. The van der Waals surface area contributed by atoms with E-state index in [1.807, 2.05) is 37.4 Å². The zero-order chi connectivity index (χ0) is 21.4. The molecule has 6 nitrogen and oxygen atoms in total. The maximum atomic E-state index is 12.8. The second-order valence-electron chi connectivity index (χ2n) is 6.53. The Labute approximate surface area is 185 Å². The van der Waals surface area contributed by atoms with E-state index in [1.54, 1.807) is 30.1 Å². The average molecular weight is 455 g/mol. The van der Waals surface area contributed by atoms with Gasteiger partial charge in [-0.2, -0.15) is 11.8 Å². The van der Waals surface area contributed by atoms with Crippen LogP contribution in [0.25, 0.3) is 0 Å². The molecule has 2 aromatic rings. The molecule has 0 aliphatic rings. The molecule has 0 radical (unpaired) electrons. The third-order valence-corrected chi connectivity index (χ3v) is 5.34.